The van der Waals surface area contributed by atoms with Crippen LogP contribution in [-0.4, -0.2) is 61.4 Å². The van der Waals surface area contributed by atoms with Gasteiger partial charge in [0.2, 0.25) is 0 Å². The summed E-state index contributed by atoms with van der Waals surface area (Å²) in [6.07, 6.45) is 25.7. The third-order valence-electron chi connectivity index (χ3n) is 8.83. The molecule has 9 rings (SSSR count). The first-order valence-corrected chi connectivity index (χ1v) is 14.7. The number of nitrogens with zero attached hydrogens (tertiary/aromatic N) is 7. The molecule has 0 spiro atoms. The second kappa shape index (κ2) is 9.63. The second-order valence-corrected chi connectivity index (χ2v) is 11.2. The lowest BCUT2D eigenvalue weighted by molar-refractivity contribution is 0.622. The molecule has 1 saturated heterocycles. The zero-order valence-electron chi connectivity index (χ0n) is 23.4. The van der Waals surface area contributed by atoms with Crippen molar-refractivity contribution >= 4 is 55.6 Å². The van der Waals surface area contributed by atoms with E-state index < -0.39 is 0 Å². The molecular weight excluding hydrogens is 526 g/mol. The van der Waals surface area contributed by atoms with Crippen molar-refractivity contribution in [3.05, 3.63) is 158 Å². The van der Waals surface area contributed by atoms with Gasteiger partial charge >= 0.3 is 27.9 Å². The summed E-state index contributed by atoms with van der Waals surface area (Å²) in [5, 5.41) is 1.10. The van der Waals surface area contributed by atoms with Gasteiger partial charge in [-0.25, -0.2) is 9.97 Å². The van der Waals surface area contributed by atoms with E-state index >= 15 is 0 Å². The van der Waals surface area contributed by atoms with Gasteiger partial charge in [0, 0.05) is 11.1 Å². The molecule has 7 nitrogen and oxygen atoms in total. The summed E-state index contributed by atoms with van der Waals surface area (Å²) in [4.78, 5) is 10.3. The molecule has 2 aromatic heterocycles. The van der Waals surface area contributed by atoms with Crippen LogP contribution in [0.15, 0.2) is 152 Å². The Balaban J connectivity index is 1.18. The van der Waals surface area contributed by atoms with Crippen LogP contribution >= 0.6 is 0 Å². The van der Waals surface area contributed by atoms with Crippen LogP contribution in [0.3, 0.4) is 0 Å². The van der Waals surface area contributed by atoms with Crippen molar-refractivity contribution in [2.75, 3.05) is 0 Å². The van der Waals surface area contributed by atoms with Crippen molar-refractivity contribution in [1.29, 1.82) is 0 Å². The lowest BCUT2D eigenvalue weighted by Gasteiger charge is -2.53. The van der Waals surface area contributed by atoms with Gasteiger partial charge in [0.05, 0.1) is 17.4 Å². The van der Waals surface area contributed by atoms with E-state index in [0.717, 1.165) is 39.0 Å². The quantitative estimate of drug-likeness (QED) is 0.325. The molecule has 0 amide bonds. The maximum Gasteiger partial charge on any atom is 0.381 e. The SMILES string of the molecule is C1=CB2N(C=C1)B1C=CC=CN1B1C=C(c3cnc4c(n3)c3ccccc3n4-c3ccccc3)C=CN1B1C=CC=CN21. The highest BCUT2D eigenvalue weighted by Crippen LogP contribution is 2.33. The van der Waals surface area contributed by atoms with E-state index in [4.69, 9.17) is 9.97 Å². The minimum absolute atomic E-state index is 0.0433. The van der Waals surface area contributed by atoms with Crippen LogP contribution < -0.4 is 0 Å². The molecule has 2 aromatic carbocycles. The molecule has 4 aromatic rings. The van der Waals surface area contributed by atoms with E-state index in [2.05, 4.69) is 163 Å². The monoisotopic (exact) mass is 551 g/mol. The van der Waals surface area contributed by atoms with E-state index in [9.17, 15) is 0 Å². The lowest BCUT2D eigenvalue weighted by Crippen LogP contribution is -2.73. The minimum Gasteiger partial charge on any atom is -0.423 e. The van der Waals surface area contributed by atoms with Crippen molar-refractivity contribution in [3.63, 3.8) is 0 Å². The summed E-state index contributed by atoms with van der Waals surface area (Å²) in [6, 6.07) is 18.8. The lowest BCUT2D eigenvalue weighted by atomic mass is 9.41. The molecule has 5 aliphatic heterocycles. The van der Waals surface area contributed by atoms with Gasteiger partial charge in [0.25, 0.3) is 0 Å². The maximum atomic E-state index is 5.27. The Kier molecular flexibility index (Phi) is 5.44. The normalized spacial score (nSPS) is 18.3. The van der Waals surface area contributed by atoms with Crippen LogP contribution in [0.25, 0.3) is 33.3 Å². The van der Waals surface area contributed by atoms with Gasteiger partial charge in [0.1, 0.15) is 5.52 Å². The van der Waals surface area contributed by atoms with Gasteiger partial charge in [-0.3, -0.25) is 4.57 Å². The van der Waals surface area contributed by atoms with Crippen molar-refractivity contribution in [2.45, 2.75) is 0 Å². The molecule has 0 atom stereocenters. The average Bonchev–Trinajstić information content (AvgIpc) is 3.41. The molecule has 43 heavy (non-hydrogen) atoms. The van der Waals surface area contributed by atoms with Crippen LogP contribution in [0, 0.1) is 0 Å². The first-order chi connectivity index (χ1) is 21.3. The molecule has 0 aliphatic carbocycles. The predicted octanol–water partition coefficient (Wildman–Crippen LogP) is 5.07. The first kappa shape index (κ1) is 24.3. The standard InChI is InChI=1S/C32H25B4N7/c1-2-12-27(13-3-1)43-30-15-5-4-14-28(30)31-32(43)37-25-29(38-31)26-16-23-42-35-19-7-10-21-40(35)33-17-6-9-20-39(33)34-18-8-11-22-41(34)36(42)24-26/h1-25H. The van der Waals surface area contributed by atoms with Crippen molar-refractivity contribution in [3.8, 4) is 5.69 Å². The van der Waals surface area contributed by atoms with Crippen LogP contribution in [-0.2, 0) is 0 Å². The fourth-order valence-corrected chi connectivity index (χ4v) is 6.89. The third-order valence-corrected chi connectivity index (χ3v) is 8.83. The van der Waals surface area contributed by atoms with Gasteiger partial charge in [-0.2, -0.15) is 0 Å². The average molecular weight is 551 g/mol. The molecule has 0 unspecified atom stereocenters. The number of aromatic nitrogens is 3. The Morgan fingerprint density at radius 3 is 1.88 bits per heavy atom. The van der Waals surface area contributed by atoms with Crippen LogP contribution in [0.2, 0.25) is 0 Å². The van der Waals surface area contributed by atoms with Gasteiger partial charge in [-0.15, -0.1) is 0 Å². The van der Waals surface area contributed by atoms with E-state index in [1.54, 1.807) is 0 Å². The highest BCUT2D eigenvalue weighted by Gasteiger charge is 2.49. The zero-order valence-corrected chi connectivity index (χ0v) is 23.4. The Hall–Kier alpha value is -5.30. The molecule has 0 radical (unpaired) electrons. The summed E-state index contributed by atoms with van der Waals surface area (Å²) in [7, 11) is 0. The van der Waals surface area contributed by atoms with E-state index in [0.29, 0.717) is 0 Å². The first-order valence-electron chi connectivity index (χ1n) is 14.7. The number of fused-ring (bicyclic) bond motifs is 11. The molecule has 0 N–H and O–H groups in total. The highest BCUT2D eigenvalue weighted by molar-refractivity contribution is 6.92. The van der Waals surface area contributed by atoms with Gasteiger partial charge < -0.3 is 18.9 Å². The molecule has 1 fully saturated rings. The molecule has 200 valence electrons. The summed E-state index contributed by atoms with van der Waals surface area (Å²) in [5.41, 5.74) is 5.87. The zero-order chi connectivity index (χ0) is 28.3. The summed E-state index contributed by atoms with van der Waals surface area (Å²) in [6.45, 7) is 0.142. The molecule has 0 saturated carbocycles. The van der Waals surface area contributed by atoms with E-state index in [1.807, 2.05) is 12.3 Å². The van der Waals surface area contributed by atoms with Gasteiger partial charge in [-0.1, -0.05) is 78.5 Å². The predicted molar refractivity (Wildman–Crippen MR) is 179 cm³/mol. The van der Waals surface area contributed by atoms with Gasteiger partial charge in [0.15, 0.2) is 5.65 Å². The Bertz CT molecular complexity index is 1980. The molecule has 7 heterocycles. The fourth-order valence-electron chi connectivity index (χ4n) is 6.89. The summed E-state index contributed by atoms with van der Waals surface area (Å²) >= 11 is 0. The number of para-hydroxylation sites is 2. The second-order valence-electron chi connectivity index (χ2n) is 11.2. The number of benzene rings is 2. The minimum atomic E-state index is -0.0433. The number of rotatable bonds is 2. The van der Waals surface area contributed by atoms with E-state index in [-0.39, 0.29) is 27.9 Å². The Morgan fingerprint density at radius 1 is 0.581 bits per heavy atom. The smallest absolute Gasteiger partial charge is 0.381 e. The van der Waals surface area contributed by atoms with Crippen LogP contribution in [0.5, 0.6) is 0 Å². The number of allylic oxidation sites excluding steroid dienone is 8. The van der Waals surface area contributed by atoms with Crippen LogP contribution in [0.1, 0.15) is 5.69 Å². The molecule has 0 bridgehead atoms. The topological polar surface area (TPSA) is 43.7 Å². The van der Waals surface area contributed by atoms with Gasteiger partial charge in [-0.05, 0) is 72.9 Å². The van der Waals surface area contributed by atoms with Crippen molar-refractivity contribution in [1.82, 2.24) is 33.4 Å². The third kappa shape index (κ3) is 3.74. The summed E-state index contributed by atoms with van der Waals surface area (Å²) < 4.78 is 11.9. The fraction of sp³-hybridized carbons (Fsp3) is 0. The summed E-state index contributed by atoms with van der Waals surface area (Å²) in [5.74, 6) is 9.15. The number of hydrogen-bond acceptors (Lipinski definition) is 6. The Labute approximate surface area is 252 Å². The Morgan fingerprint density at radius 2 is 1.19 bits per heavy atom. The molecular formula is C32H25B4N7. The van der Waals surface area contributed by atoms with Crippen LogP contribution in [0.4, 0.5) is 0 Å². The highest BCUT2D eigenvalue weighted by atomic mass is 15.3. The van der Waals surface area contributed by atoms with E-state index in [1.165, 1.54) is 0 Å². The largest absolute Gasteiger partial charge is 0.423 e. The van der Waals surface area contributed by atoms with Crippen molar-refractivity contribution in [2.24, 2.45) is 0 Å². The maximum absolute atomic E-state index is 5.27. The number of hydrogen-bond donors (Lipinski definition) is 0. The van der Waals surface area contributed by atoms with Crippen molar-refractivity contribution < 1.29 is 0 Å². The molecule has 5 aliphatic rings. The molecule has 11 heteroatoms.